The maximum atomic E-state index is 4.75. The first-order valence-electron chi connectivity index (χ1n) is 10.7. The van der Waals surface area contributed by atoms with E-state index in [2.05, 4.69) is 107 Å². The summed E-state index contributed by atoms with van der Waals surface area (Å²) in [6.07, 6.45) is 1.96. The van der Waals surface area contributed by atoms with Gasteiger partial charge in [0.25, 0.3) is 0 Å². The van der Waals surface area contributed by atoms with Crippen molar-refractivity contribution in [2.45, 2.75) is 0 Å². The van der Waals surface area contributed by atoms with Crippen LogP contribution in [0.2, 0.25) is 0 Å². The lowest BCUT2D eigenvalue weighted by atomic mass is 10.1. The second-order valence-electron chi connectivity index (χ2n) is 8.12. The predicted octanol–water partition coefficient (Wildman–Crippen LogP) is 8.21. The molecule has 3 aromatic heterocycles. The van der Waals surface area contributed by atoms with Gasteiger partial charge in [-0.3, -0.25) is 4.98 Å². The van der Waals surface area contributed by atoms with Gasteiger partial charge in [0.15, 0.2) is 0 Å². The molecule has 7 aromatic rings. The van der Waals surface area contributed by atoms with Crippen LogP contribution in [-0.2, 0) is 0 Å². The van der Waals surface area contributed by atoms with Crippen molar-refractivity contribution in [2.24, 2.45) is 0 Å². The Balaban J connectivity index is 1.50. The highest BCUT2D eigenvalue weighted by atomic mass is 32.1. The summed E-state index contributed by atoms with van der Waals surface area (Å²) in [6, 6.07) is 34.7. The molecule has 0 bridgehead atoms. The van der Waals surface area contributed by atoms with E-state index in [-0.39, 0.29) is 0 Å². The summed E-state index contributed by atoms with van der Waals surface area (Å²) < 4.78 is 3.73. The second kappa shape index (κ2) is 6.78. The van der Waals surface area contributed by atoms with E-state index in [4.69, 9.17) is 4.98 Å². The molecule has 0 aliphatic rings. The Morgan fingerprint density at radius 3 is 2.50 bits per heavy atom. The lowest BCUT2D eigenvalue weighted by Crippen LogP contribution is -1.94. The van der Waals surface area contributed by atoms with E-state index in [0.717, 1.165) is 22.3 Å². The van der Waals surface area contributed by atoms with Crippen molar-refractivity contribution in [3.8, 4) is 16.9 Å². The van der Waals surface area contributed by atoms with E-state index >= 15 is 0 Å². The zero-order valence-electron chi connectivity index (χ0n) is 17.2. The van der Waals surface area contributed by atoms with Crippen LogP contribution >= 0.6 is 11.3 Å². The molecule has 150 valence electrons. The van der Waals surface area contributed by atoms with Gasteiger partial charge in [-0.2, -0.15) is 0 Å². The van der Waals surface area contributed by atoms with E-state index in [9.17, 15) is 0 Å². The molecule has 4 aromatic carbocycles. The molecule has 0 fully saturated rings. The summed E-state index contributed by atoms with van der Waals surface area (Å²) >= 11 is 1.82. The molecular formula is C29H18N2S. The highest BCUT2D eigenvalue weighted by Gasteiger charge is 2.15. The second-order valence-corrected chi connectivity index (χ2v) is 9.03. The van der Waals surface area contributed by atoms with Gasteiger partial charge in [-0.15, -0.1) is 11.3 Å². The van der Waals surface area contributed by atoms with E-state index in [1.807, 2.05) is 17.5 Å². The third-order valence-corrected chi connectivity index (χ3v) is 7.23. The van der Waals surface area contributed by atoms with Crippen molar-refractivity contribution in [1.29, 1.82) is 0 Å². The fraction of sp³-hybridized carbons (Fsp3) is 0. The topological polar surface area (TPSA) is 17.8 Å². The minimum absolute atomic E-state index is 0.993. The highest BCUT2D eigenvalue weighted by molar-refractivity contribution is 7.18. The smallest absolute Gasteiger partial charge is 0.0709 e. The molecule has 0 saturated carbocycles. The van der Waals surface area contributed by atoms with Crippen LogP contribution in [0.25, 0.3) is 59.6 Å². The molecule has 32 heavy (non-hydrogen) atoms. The van der Waals surface area contributed by atoms with Gasteiger partial charge in [0, 0.05) is 38.3 Å². The number of rotatable bonds is 2. The number of hydrogen-bond acceptors (Lipinski definition) is 2. The van der Waals surface area contributed by atoms with Crippen molar-refractivity contribution in [3.05, 3.63) is 109 Å². The van der Waals surface area contributed by atoms with Gasteiger partial charge in [-0.25, -0.2) is 0 Å². The largest absolute Gasteiger partial charge is 0.309 e. The maximum Gasteiger partial charge on any atom is 0.0709 e. The van der Waals surface area contributed by atoms with E-state index in [0.29, 0.717) is 0 Å². The Morgan fingerprint density at radius 1 is 0.656 bits per heavy atom. The summed E-state index contributed by atoms with van der Waals surface area (Å²) in [5.74, 6) is 0. The predicted molar refractivity (Wildman–Crippen MR) is 137 cm³/mol. The van der Waals surface area contributed by atoms with Crippen molar-refractivity contribution < 1.29 is 0 Å². The molecule has 0 N–H and O–H groups in total. The van der Waals surface area contributed by atoms with Crippen LogP contribution in [0.5, 0.6) is 0 Å². The molecule has 3 heteroatoms. The summed E-state index contributed by atoms with van der Waals surface area (Å²) in [5.41, 5.74) is 5.74. The first-order chi connectivity index (χ1) is 15.9. The van der Waals surface area contributed by atoms with Gasteiger partial charge < -0.3 is 4.57 Å². The van der Waals surface area contributed by atoms with Crippen LogP contribution < -0.4 is 0 Å². The Kier molecular flexibility index (Phi) is 3.75. The van der Waals surface area contributed by atoms with Gasteiger partial charge in [0.2, 0.25) is 0 Å². The SMILES string of the molecule is c1cc(-c2cc3ccccc3cn2)cc(-n2c3ccccc3c3c4sccc4ccc32)c1. The summed E-state index contributed by atoms with van der Waals surface area (Å²) in [5, 5.41) is 8.49. The summed E-state index contributed by atoms with van der Waals surface area (Å²) in [7, 11) is 0. The van der Waals surface area contributed by atoms with Gasteiger partial charge in [0.1, 0.15) is 0 Å². The molecule has 0 radical (unpaired) electrons. The molecular weight excluding hydrogens is 408 g/mol. The Bertz CT molecular complexity index is 1790. The lowest BCUT2D eigenvalue weighted by Gasteiger charge is -2.10. The van der Waals surface area contributed by atoms with Crippen LogP contribution in [0.1, 0.15) is 0 Å². The first kappa shape index (κ1) is 17.7. The number of fused-ring (bicyclic) bond motifs is 6. The number of hydrogen-bond donors (Lipinski definition) is 0. The average molecular weight is 427 g/mol. The zero-order chi connectivity index (χ0) is 21.1. The number of thiophene rings is 1. The third-order valence-electron chi connectivity index (χ3n) is 6.29. The minimum atomic E-state index is 0.993. The van der Waals surface area contributed by atoms with Gasteiger partial charge in [-0.1, -0.05) is 60.7 Å². The molecule has 2 nitrogen and oxygen atoms in total. The molecule has 0 amide bonds. The highest BCUT2D eigenvalue weighted by Crippen LogP contribution is 2.39. The molecule has 0 aliphatic carbocycles. The van der Waals surface area contributed by atoms with Crippen molar-refractivity contribution in [3.63, 3.8) is 0 Å². The van der Waals surface area contributed by atoms with Crippen molar-refractivity contribution >= 4 is 54.0 Å². The number of benzene rings is 4. The van der Waals surface area contributed by atoms with Gasteiger partial charge in [0.05, 0.1) is 16.7 Å². The molecule has 0 atom stereocenters. The van der Waals surface area contributed by atoms with E-state index in [1.54, 1.807) is 0 Å². The number of para-hydroxylation sites is 1. The van der Waals surface area contributed by atoms with Gasteiger partial charge >= 0.3 is 0 Å². The molecule has 0 aliphatic heterocycles. The number of aromatic nitrogens is 2. The van der Waals surface area contributed by atoms with Gasteiger partial charge in [-0.05, 0) is 52.6 Å². The molecule has 0 saturated heterocycles. The zero-order valence-corrected chi connectivity index (χ0v) is 18.0. The van der Waals surface area contributed by atoms with Crippen molar-refractivity contribution in [2.75, 3.05) is 0 Å². The van der Waals surface area contributed by atoms with E-state index in [1.165, 1.54) is 37.3 Å². The van der Waals surface area contributed by atoms with Crippen molar-refractivity contribution in [1.82, 2.24) is 9.55 Å². The standard InChI is InChI=1S/C29H18N2S/c1-2-7-22-18-30-25(17-20(22)6-1)21-8-5-9-23(16-21)31-26-11-4-3-10-24(26)28-27(31)13-12-19-14-15-32-29(19)28/h1-18H. The molecule has 3 heterocycles. The molecule has 0 spiro atoms. The van der Waals surface area contributed by atoms with Crippen LogP contribution in [0.15, 0.2) is 109 Å². The Labute approximate surface area is 189 Å². The maximum absolute atomic E-state index is 4.75. The first-order valence-corrected chi connectivity index (χ1v) is 11.6. The fourth-order valence-corrected chi connectivity index (χ4v) is 5.76. The normalized spacial score (nSPS) is 11.8. The van der Waals surface area contributed by atoms with Crippen LogP contribution in [0.3, 0.4) is 0 Å². The van der Waals surface area contributed by atoms with Crippen LogP contribution in [0.4, 0.5) is 0 Å². The van der Waals surface area contributed by atoms with Crippen LogP contribution in [0, 0.1) is 0 Å². The van der Waals surface area contributed by atoms with Crippen LogP contribution in [-0.4, -0.2) is 9.55 Å². The minimum Gasteiger partial charge on any atom is -0.309 e. The number of nitrogens with zero attached hydrogens (tertiary/aromatic N) is 2. The Hall–Kier alpha value is -3.95. The summed E-state index contributed by atoms with van der Waals surface area (Å²) in [6.45, 7) is 0. The van der Waals surface area contributed by atoms with E-state index < -0.39 is 0 Å². The monoisotopic (exact) mass is 426 g/mol. The average Bonchev–Trinajstić information content (AvgIpc) is 3.46. The molecule has 0 unspecified atom stereocenters. The molecule has 7 rings (SSSR count). The fourth-order valence-electron chi connectivity index (χ4n) is 4.80. The number of pyridine rings is 1. The summed E-state index contributed by atoms with van der Waals surface area (Å²) in [4.78, 5) is 4.75. The quantitative estimate of drug-likeness (QED) is 0.272. The lowest BCUT2D eigenvalue weighted by molar-refractivity contribution is 1.18. The Morgan fingerprint density at radius 2 is 1.53 bits per heavy atom. The third kappa shape index (κ3) is 2.55.